The van der Waals surface area contributed by atoms with Gasteiger partial charge in [0.2, 0.25) is 0 Å². The van der Waals surface area contributed by atoms with Gasteiger partial charge in [-0.25, -0.2) is 0 Å². The summed E-state index contributed by atoms with van der Waals surface area (Å²) in [4.78, 5) is 0. The molecule has 8 heteroatoms. The molecule has 0 aliphatic carbocycles. The number of hydrogen-bond donors (Lipinski definition) is 4. The van der Waals surface area contributed by atoms with Crippen LogP contribution in [0.25, 0.3) is 0 Å². The third-order valence-electron chi connectivity index (χ3n) is 7.00. The van der Waals surface area contributed by atoms with Gasteiger partial charge in [-0.15, -0.1) is 0 Å². The van der Waals surface area contributed by atoms with Crippen LogP contribution in [0.1, 0.15) is 110 Å². The van der Waals surface area contributed by atoms with Crippen molar-refractivity contribution in [1.82, 2.24) is 5.32 Å². The molecular weight excluding hydrogens is 472 g/mol. The summed E-state index contributed by atoms with van der Waals surface area (Å²) in [5.74, 6) is 0. The maximum Gasteiger partial charge on any atom is 0.160 e. The molecule has 0 aromatic carbocycles. The fraction of sp³-hybridized carbons (Fsp3) is 1.00. The van der Waals surface area contributed by atoms with Gasteiger partial charge in [-0.2, -0.15) is 0 Å². The van der Waals surface area contributed by atoms with Gasteiger partial charge in [0.1, 0.15) is 12.2 Å². The van der Waals surface area contributed by atoms with E-state index in [4.69, 9.17) is 29.8 Å². The number of nitrogens with two attached hydrogens (primary N) is 1. The third-order valence-corrected chi connectivity index (χ3v) is 7.00. The molecule has 0 aromatic heterocycles. The molecule has 37 heavy (non-hydrogen) atoms. The van der Waals surface area contributed by atoms with Gasteiger partial charge in [0.05, 0.1) is 25.4 Å². The molecule has 1 rings (SSSR count). The number of aliphatic hydroxyl groups excluding tert-OH is 2. The van der Waals surface area contributed by atoms with E-state index in [9.17, 15) is 5.11 Å². The highest BCUT2D eigenvalue weighted by Gasteiger charge is 2.40. The lowest BCUT2D eigenvalue weighted by Gasteiger charge is -2.41. The molecule has 1 fully saturated rings. The van der Waals surface area contributed by atoms with Crippen molar-refractivity contribution in [2.75, 3.05) is 46.1 Å². The smallest absolute Gasteiger partial charge is 0.160 e. The lowest BCUT2D eigenvalue weighted by Crippen LogP contribution is -2.54. The summed E-state index contributed by atoms with van der Waals surface area (Å²) in [5.41, 5.74) is 6.09. The van der Waals surface area contributed by atoms with Crippen molar-refractivity contribution >= 4 is 0 Å². The Bertz CT molecular complexity index is 487. The molecule has 0 amide bonds. The molecule has 5 N–H and O–H groups in total. The summed E-state index contributed by atoms with van der Waals surface area (Å²) in [6.07, 6.45) is 16.2. The monoisotopic (exact) mass is 532 g/mol. The Morgan fingerprint density at radius 2 is 1.41 bits per heavy atom. The molecule has 0 radical (unpaired) electrons. The predicted molar refractivity (Wildman–Crippen MR) is 150 cm³/mol. The molecule has 0 bridgehead atoms. The highest BCUT2D eigenvalue weighted by Crippen LogP contribution is 2.27. The van der Waals surface area contributed by atoms with Crippen molar-refractivity contribution in [3.8, 4) is 0 Å². The van der Waals surface area contributed by atoms with E-state index in [2.05, 4.69) is 19.2 Å². The zero-order valence-electron chi connectivity index (χ0n) is 24.0. The molecule has 0 aromatic rings. The van der Waals surface area contributed by atoms with Crippen molar-refractivity contribution in [2.45, 2.75) is 141 Å². The quantitative estimate of drug-likeness (QED) is 0.122. The molecule has 1 heterocycles. The fourth-order valence-electron chi connectivity index (χ4n) is 4.76. The maximum atomic E-state index is 10.2. The van der Waals surface area contributed by atoms with Gasteiger partial charge >= 0.3 is 0 Å². The fourth-order valence-corrected chi connectivity index (χ4v) is 4.76. The molecule has 3 unspecified atom stereocenters. The minimum absolute atomic E-state index is 0.0372. The Kier molecular flexibility index (Phi) is 23.2. The molecular formula is C29H60N2O6. The summed E-state index contributed by atoms with van der Waals surface area (Å²) in [6.45, 7) is 7.20. The summed E-state index contributed by atoms with van der Waals surface area (Å²) in [5, 5.41) is 22.0. The first-order chi connectivity index (χ1) is 18.2. The highest BCUT2D eigenvalue weighted by atomic mass is 16.7. The van der Waals surface area contributed by atoms with Gasteiger partial charge < -0.3 is 40.2 Å². The van der Waals surface area contributed by atoms with Gasteiger partial charge in [-0.3, -0.25) is 0 Å². The number of unbranched alkanes of at least 4 members (excludes halogenated alkanes) is 12. The van der Waals surface area contributed by atoms with E-state index in [1.54, 1.807) is 0 Å². The van der Waals surface area contributed by atoms with Crippen molar-refractivity contribution in [1.29, 1.82) is 0 Å². The minimum Gasteiger partial charge on any atom is -0.395 e. The molecule has 1 aliphatic rings. The third kappa shape index (κ3) is 17.8. The second-order valence-corrected chi connectivity index (χ2v) is 10.5. The summed E-state index contributed by atoms with van der Waals surface area (Å²) < 4.78 is 24.7. The molecule has 5 atom stereocenters. The molecule has 1 saturated heterocycles. The van der Waals surface area contributed by atoms with E-state index in [-0.39, 0.29) is 31.5 Å². The Labute approximate surface area is 227 Å². The molecule has 0 spiro atoms. The normalized spacial score (nSPS) is 22.9. The van der Waals surface area contributed by atoms with Gasteiger partial charge in [-0.05, 0) is 12.8 Å². The number of rotatable bonds is 26. The first-order valence-corrected chi connectivity index (χ1v) is 15.4. The summed E-state index contributed by atoms with van der Waals surface area (Å²) in [6, 6.07) is 0. The zero-order chi connectivity index (χ0) is 27.0. The Morgan fingerprint density at radius 1 is 0.838 bits per heavy atom. The highest BCUT2D eigenvalue weighted by molar-refractivity contribution is 4.86. The van der Waals surface area contributed by atoms with Crippen LogP contribution in [0.5, 0.6) is 0 Å². The van der Waals surface area contributed by atoms with Crippen LogP contribution in [0.3, 0.4) is 0 Å². The topological polar surface area (TPSA) is 115 Å². The Hall–Kier alpha value is -0.320. The van der Waals surface area contributed by atoms with Crippen LogP contribution in [0.4, 0.5) is 0 Å². The van der Waals surface area contributed by atoms with E-state index in [0.29, 0.717) is 39.3 Å². The summed E-state index contributed by atoms with van der Waals surface area (Å²) >= 11 is 0. The van der Waals surface area contributed by atoms with Gasteiger partial charge in [0.25, 0.3) is 0 Å². The number of ether oxygens (including phenoxy) is 4. The van der Waals surface area contributed by atoms with E-state index >= 15 is 0 Å². The number of aliphatic hydroxyl groups is 2. The maximum absolute atomic E-state index is 10.2. The van der Waals surface area contributed by atoms with Crippen LogP contribution >= 0.6 is 0 Å². The van der Waals surface area contributed by atoms with Crippen LogP contribution in [0.2, 0.25) is 0 Å². The number of nitrogens with one attached hydrogen (secondary N) is 1. The molecule has 8 nitrogen and oxygen atoms in total. The first kappa shape index (κ1) is 34.7. The van der Waals surface area contributed by atoms with Crippen LogP contribution < -0.4 is 11.1 Å². The lowest BCUT2D eigenvalue weighted by molar-refractivity contribution is -0.268. The molecule has 1 aliphatic heterocycles. The summed E-state index contributed by atoms with van der Waals surface area (Å²) in [7, 11) is 0. The van der Waals surface area contributed by atoms with Crippen molar-refractivity contribution in [3.05, 3.63) is 0 Å². The molecule has 0 saturated carbocycles. The van der Waals surface area contributed by atoms with Gasteiger partial charge in [-0.1, -0.05) is 90.9 Å². The minimum atomic E-state index is -0.676. The van der Waals surface area contributed by atoms with Crippen LogP contribution in [0, 0.1) is 0 Å². The largest absolute Gasteiger partial charge is 0.395 e. The van der Waals surface area contributed by atoms with E-state index in [1.807, 2.05) is 0 Å². The van der Waals surface area contributed by atoms with Crippen LogP contribution in [-0.2, 0) is 18.9 Å². The second-order valence-electron chi connectivity index (χ2n) is 10.5. The van der Waals surface area contributed by atoms with Crippen molar-refractivity contribution in [3.63, 3.8) is 0 Å². The van der Waals surface area contributed by atoms with E-state index in [1.165, 1.54) is 77.0 Å². The second kappa shape index (κ2) is 24.7. The van der Waals surface area contributed by atoms with Crippen molar-refractivity contribution in [2.24, 2.45) is 5.73 Å². The lowest BCUT2D eigenvalue weighted by atomic mass is 10.0. The Morgan fingerprint density at radius 3 is 1.97 bits per heavy atom. The van der Waals surface area contributed by atoms with Crippen LogP contribution in [0.15, 0.2) is 0 Å². The average molecular weight is 533 g/mol. The van der Waals surface area contributed by atoms with Gasteiger partial charge in [0, 0.05) is 39.3 Å². The first-order valence-electron chi connectivity index (χ1n) is 15.4. The average Bonchev–Trinajstić information content (AvgIpc) is 2.91. The Balaban J connectivity index is 2.51. The van der Waals surface area contributed by atoms with E-state index < -0.39 is 12.4 Å². The van der Waals surface area contributed by atoms with Crippen molar-refractivity contribution < 1.29 is 29.2 Å². The molecule has 222 valence electrons. The zero-order valence-corrected chi connectivity index (χ0v) is 24.0. The van der Waals surface area contributed by atoms with Crippen LogP contribution in [-0.4, -0.2) is 87.0 Å². The SMILES string of the molecule is CCCCCCCCCOC1C(CN)O[C@H](OCC(O)CNCCO)C[C@H]1OCCCCCCCCC. The van der Waals surface area contributed by atoms with E-state index in [0.717, 1.165) is 12.8 Å². The number of hydrogen-bond acceptors (Lipinski definition) is 8. The van der Waals surface area contributed by atoms with Gasteiger partial charge in [0.15, 0.2) is 6.29 Å². The standard InChI is InChI=1S/C29H60N2O6/c1-3-5-7-9-11-13-15-19-34-26-21-28(36-24-25(33)23-31-17-18-32)37-27(22-30)29(26)35-20-16-14-12-10-8-6-4-2/h25-29,31-33H,3-24,30H2,1-2H3/t25?,26-,27?,28+,29?/m1/s1. The predicted octanol–water partition coefficient (Wildman–Crippen LogP) is 4.29.